The summed E-state index contributed by atoms with van der Waals surface area (Å²) in [5, 5.41) is 10.0. The van der Waals surface area contributed by atoms with Crippen LogP contribution >= 0.6 is 0 Å². The summed E-state index contributed by atoms with van der Waals surface area (Å²) in [6, 6.07) is 0. The first-order valence-corrected chi connectivity index (χ1v) is 4.71. The second kappa shape index (κ2) is 7.18. The molecule has 0 fully saturated rings. The Hall–Kier alpha value is -0.250. The van der Waals surface area contributed by atoms with E-state index in [2.05, 4.69) is 0 Å². The third kappa shape index (κ3) is 11.8. The monoisotopic (exact) mass is 197 g/mol. The van der Waals surface area contributed by atoms with Crippen LogP contribution < -0.4 is 0 Å². The van der Waals surface area contributed by atoms with Gasteiger partial charge in [-0.1, -0.05) is 25.7 Å². The smallest absolute Gasteiger partial charge is 0.237 e. The van der Waals surface area contributed by atoms with Crippen molar-refractivity contribution in [3.8, 4) is 0 Å². The molecule has 0 aromatic heterocycles. The fourth-order valence-corrected chi connectivity index (χ4v) is 1.13. The normalized spacial score (nSPS) is 12.0. The first-order valence-electron chi connectivity index (χ1n) is 4.71. The van der Waals surface area contributed by atoms with Crippen molar-refractivity contribution in [1.29, 1.82) is 0 Å². The molecule has 0 bridgehead atoms. The van der Waals surface area contributed by atoms with Crippen molar-refractivity contribution in [2.24, 2.45) is 0 Å². The number of alkyl halides is 3. The molecular weight excluding hydrogens is 181 g/mol. The predicted octanol–water partition coefficient (Wildman–Crippen LogP) is 3.71. The van der Waals surface area contributed by atoms with E-state index in [9.17, 15) is 18.3 Å². The Morgan fingerprint density at radius 1 is 0.769 bits per heavy atom. The summed E-state index contributed by atoms with van der Waals surface area (Å²) in [4.78, 5) is 0. The van der Waals surface area contributed by atoms with Crippen LogP contribution in [0.2, 0.25) is 0 Å². The summed E-state index contributed by atoms with van der Waals surface area (Å²) in [6.45, 7) is -0.0669. The Bertz CT molecular complexity index is 112. The number of rotatable bonds is 7. The summed E-state index contributed by atoms with van der Waals surface area (Å²) in [7, 11) is 0. The van der Waals surface area contributed by atoms with Crippen LogP contribution in [-0.2, 0) is 5.11 Å². The van der Waals surface area contributed by atoms with Gasteiger partial charge in [-0.25, -0.2) is 5.11 Å². The van der Waals surface area contributed by atoms with Gasteiger partial charge in [-0.15, -0.1) is 0 Å². The van der Waals surface area contributed by atoms with Crippen LogP contribution in [0.4, 0.5) is 13.2 Å². The van der Waals surface area contributed by atoms with Gasteiger partial charge in [0, 0.05) is 6.42 Å². The summed E-state index contributed by atoms with van der Waals surface area (Å²) >= 11 is 0. The molecule has 1 nitrogen and oxygen atoms in total. The van der Waals surface area contributed by atoms with Gasteiger partial charge < -0.3 is 0 Å². The minimum atomic E-state index is -4.00. The van der Waals surface area contributed by atoms with Gasteiger partial charge in [0.15, 0.2) is 0 Å². The molecule has 0 atom stereocenters. The molecule has 0 N–H and O–H groups in total. The molecule has 0 aliphatic rings. The molecule has 0 aromatic rings. The van der Waals surface area contributed by atoms with Gasteiger partial charge in [0.1, 0.15) is 0 Å². The third-order valence-corrected chi connectivity index (χ3v) is 1.85. The second-order valence-electron chi connectivity index (χ2n) is 3.19. The Morgan fingerprint density at radius 2 is 1.23 bits per heavy atom. The molecule has 0 heterocycles. The molecule has 0 unspecified atom stereocenters. The zero-order valence-electron chi connectivity index (χ0n) is 7.70. The molecule has 0 saturated carbocycles. The lowest BCUT2D eigenvalue weighted by Gasteiger charge is -2.04. The molecule has 13 heavy (non-hydrogen) atoms. The van der Waals surface area contributed by atoms with E-state index in [4.69, 9.17) is 0 Å². The van der Waals surface area contributed by atoms with Crippen LogP contribution in [0.1, 0.15) is 44.9 Å². The summed E-state index contributed by atoms with van der Waals surface area (Å²) in [5.41, 5.74) is 0. The molecule has 0 spiro atoms. The fourth-order valence-electron chi connectivity index (χ4n) is 1.13. The highest BCUT2D eigenvalue weighted by Gasteiger charge is 2.25. The van der Waals surface area contributed by atoms with Gasteiger partial charge in [-0.3, -0.25) is 0 Å². The number of unbranched alkanes of at least 4 members (excludes halogenated alkanes) is 5. The van der Waals surface area contributed by atoms with Crippen molar-refractivity contribution in [3.05, 3.63) is 0 Å². The van der Waals surface area contributed by atoms with Crippen LogP contribution in [0.15, 0.2) is 0 Å². The van der Waals surface area contributed by atoms with E-state index in [1.54, 1.807) is 0 Å². The minimum Gasteiger partial charge on any atom is -0.237 e. The zero-order chi connectivity index (χ0) is 10.2. The van der Waals surface area contributed by atoms with Gasteiger partial charge >= 0.3 is 6.18 Å². The van der Waals surface area contributed by atoms with E-state index < -0.39 is 12.6 Å². The van der Waals surface area contributed by atoms with Crippen molar-refractivity contribution in [2.75, 3.05) is 6.61 Å². The van der Waals surface area contributed by atoms with Crippen molar-refractivity contribution in [3.63, 3.8) is 0 Å². The highest BCUT2D eigenvalue weighted by molar-refractivity contribution is 4.51. The highest BCUT2D eigenvalue weighted by atomic mass is 19.4. The van der Waals surface area contributed by atoms with Crippen molar-refractivity contribution in [2.45, 2.75) is 51.1 Å². The fraction of sp³-hybridized carbons (Fsp3) is 1.00. The highest BCUT2D eigenvalue weighted by Crippen LogP contribution is 2.23. The lowest BCUT2D eigenvalue weighted by Crippen LogP contribution is -2.06. The van der Waals surface area contributed by atoms with Crippen LogP contribution in [0, 0.1) is 0 Å². The number of hydrogen-bond donors (Lipinski definition) is 0. The summed E-state index contributed by atoms with van der Waals surface area (Å²) < 4.78 is 34.9. The molecule has 1 radical (unpaired) electrons. The van der Waals surface area contributed by atoms with Crippen LogP contribution in [0.5, 0.6) is 0 Å². The minimum absolute atomic E-state index is 0.0669. The largest absolute Gasteiger partial charge is 0.389 e. The van der Waals surface area contributed by atoms with Crippen molar-refractivity contribution >= 4 is 0 Å². The van der Waals surface area contributed by atoms with Crippen LogP contribution in [-0.4, -0.2) is 12.8 Å². The van der Waals surface area contributed by atoms with E-state index in [0.717, 1.165) is 19.3 Å². The van der Waals surface area contributed by atoms with Crippen molar-refractivity contribution < 1.29 is 18.3 Å². The predicted molar refractivity (Wildman–Crippen MR) is 43.9 cm³/mol. The standard InChI is InChI=1S/C9H16F3O/c10-9(11,12)7-5-3-1-2-4-6-8-13/h1-8H2. The Labute approximate surface area is 76.9 Å². The third-order valence-electron chi connectivity index (χ3n) is 1.85. The van der Waals surface area contributed by atoms with Gasteiger partial charge in [-0.2, -0.15) is 13.2 Å². The van der Waals surface area contributed by atoms with E-state index in [1.165, 1.54) is 0 Å². The molecule has 0 saturated heterocycles. The first-order chi connectivity index (χ1) is 6.06. The molecular formula is C9H16F3O. The molecule has 0 aromatic carbocycles. The van der Waals surface area contributed by atoms with Crippen LogP contribution in [0.3, 0.4) is 0 Å². The van der Waals surface area contributed by atoms with Crippen LogP contribution in [0.25, 0.3) is 0 Å². The van der Waals surface area contributed by atoms with Gasteiger partial charge in [0.25, 0.3) is 0 Å². The second-order valence-corrected chi connectivity index (χ2v) is 3.19. The maximum absolute atomic E-state index is 11.6. The lowest BCUT2D eigenvalue weighted by molar-refractivity contribution is -0.135. The molecule has 0 amide bonds. The average molecular weight is 197 g/mol. The summed E-state index contributed by atoms with van der Waals surface area (Å²) in [6.07, 6.45) is -0.617. The SMILES string of the molecule is [O]CCCCCCCCC(F)(F)F. The zero-order valence-corrected chi connectivity index (χ0v) is 7.70. The Morgan fingerprint density at radius 3 is 1.69 bits per heavy atom. The topological polar surface area (TPSA) is 19.9 Å². The maximum Gasteiger partial charge on any atom is 0.389 e. The van der Waals surface area contributed by atoms with E-state index in [0.29, 0.717) is 12.8 Å². The van der Waals surface area contributed by atoms with E-state index >= 15 is 0 Å². The molecule has 0 aliphatic carbocycles. The molecule has 4 heteroatoms. The average Bonchev–Trinajstić information content (AvgIpc) is 2.01. The van der Waals surface area contributed by atoms with Gasteiger partial charge in [0.05, 0.1) is 6.61 Å². The molecule has 0 rings (SSSR count). The number of hydrogen-bond acceptors (Lipinski definition) is 0. The van der Waals surface area contributed by atoms with Gasteiger partial charge in [-0.05, 0) is 12.8 Å². The maximum atomic E-state index is 11.6. The van der Waals surface area contributed by atoms with E-state index in [-0.39, 0.29) is 13.0 Å². The van der Waals surface area contributed by atoms with Crippen molar-refractivity contribution in [1.82, 2.24) is 0 Å². The Kier molecular flexibility index (Phi) is 7.04. The van der Waals surface area contributed by atoms with Gasteiger partial charge in [0.2, 0.25) is 0 Å². The van der Waals surface area contributed by atoms with E-state index in [1.807, 2.05) is 0 Å². The quantitative estimate of drug-likeness (QED) is 0.554. The summed E-state index contributed by atoms with van der Waals surface area (Å²) in [5.74, 6) is 0. The number of halogens is 3. The molecule has 79 valence electrons. The lowest BCUT2D eigenvalue weighted by atomic mass is 10.1. The Balaban J connectivity index is 3.00. The first kappa shape index (κ1) is 12.8. The molecule has 0 aliphatic heterocycles.